The number of halogens is 2. The Morgan fingerprint density at radius 2 is 1.39 bits per heavy atom. The van der Waals surface area contributed by atoms with Gasteiger partial charge in [-0.2, -0.15) is 0 Å². The van der Waals surface area contributed by atoms with Crippen molar-refractivity contribution in [3.8, 4) is 11.5 Å². The SMILES string of the molecule is CC(=O)OCC1OC(Oc2cc3c(cc2Cl)C2(OC(=O)c4cc(C(=O)NCCN(C)C)ccc42)C2CC(Cl)C(OC4OC(COC(C)=O)C(OC(C)=O)C(OC(C)=O)C4C)C=C2O3)C(OC(C)=O)C(C)C1C. The van der Waals surface area contributed by atoms with Gasteiger partial charge in [0.2, 0.25) is 6.29 Å². The third kappa shape index (κ3) is 11.5. The number of nitrogens with one attached hydrogen (secondary N) is 1. The predicted octanol–water partition coefficient (Wildman–Crippen LogP) is 4.99. The van der Waals surface area contributed by atoms with E-state index >= 15 is 0 Å². The van der Waals surface area contributed by atoms with Gasteiger partial charge in [-0.15, -0.1) is 11.6 Å². The van der Waals surface area contributed by atoms with E-state index in [1.165, 1.54) is 46.8 Å². The highest BCUT2D eigenvalue weighted by Crippen LogP contribution is 2.60. The minimum atomic E-state index is -1.66. The van der Waals surface area contributed by atoms with E-state index in [0.29, 0.717) is 24.2 Å². The maximum absolute atomic E-state index is 14.3. The molecule has 72 heavy (non-hydrogen) atoms. The number of ether oxygens (including phenoxy) is 11. The quantitative estimate of drug-likeness (QED) is 0.140. The Labute approximate surface area is 426 Å². The lowest BCUT2D eigenvalue weighted by molar-refractivity contribution is -0.295. The van der Waals surface area contributed by atoms with E-state index in [2.05, 4.69) is 5.32 Å². The third-order valence-electron chi connectivity index (χ3n) is 13.4. The lowest BCUT2D eigenvalue weighted by atomic mass is 9.69. The van der Waals surface area contributed by atoms with Crippen LogP contribution in [-0.4, -0.2) is 142 Å². The number of esters is 6. The van der Waals surface area contributed by atoms with Crippen LogP contribution in [0.2, 0.25) is 5.02 Å². The van der Waals surface area contributed by atoms with Gasteiger partial charge < -0.3 is 62.3 Å². The second kappa shape index (κ2) is 22.3. The molecule has 5 aliphatic rings. The standard InChI is InChI=1S/C50H60Cl2N2O18/c1-22-23(2)44(65-28(7)58)49(70-41(22)20-62-25(4)55)69-40-19-38-34(17-36(40)52)50(32-12-11-30(15-31(32)47(61)72-50)46(60)53-13-14-54(9)10)33-16-35(51)39(18-37(33)67-38)68-48-24(3)43(64-27(6)57)45(66-29(8)59)42(71-48)21-63-26(5)56/h11-12,15,17-19,22-24,33,35,39,41-45,48-49H,13-14,16,20-21H2,1-10H3,(H,53,60). The van der Waals surface area contributed by atoms with Crippen LogP contribution in [0, 0.1) is 23.7 Å². The summed E-state index contributed by atoms with van der Waals surface area (Å²) >= 11 is 14.4. The second-order valence-corrected chi connectivity index (χ2v) is 19.9. The number of carbonyl (C=O) groups excluding carboxylic acids is 7. The summed E-state index contributed by atoms with van der Waals surface area (Å²) < 4.78 is 66.5. The van der Waals surface area contributed by atoms with E-state index < -0.39 is 114 Å². The zero-order valence-corrected chi connectivity index (χ0v) is 43.1. The molecule has 14 atom stereocenters. The fourth-order valence-corrected chi connectivity index (χ4v) is 10.3. The molecule has 0 radical (unpaired) electrons. The number of carbonyl (C=O) groups is 7. The Morgan fingerprint density at radius 1 is 0.764 bits per heavy atom. The molecule has 0 bridgehead atoms. The van der Waals surface area contributed by atoms with Gasteiger partial charge in [0.25, 0.3) is 5.91 Å². The Morgan fingerprint density at radius 3 is 2.03 bits per heavy atom. The number of likely N-dealkylation sites (N-methyl/N-ethyl adjacent to an activating group) is 1. The van der Waals surface area contributed by atoms with Crippen molar-refractivity contribution >= 4 is 64.9 Å². The number of nitrogens with zero attached hydrogens (tertiary/aromatic N) is 1. The summed E-state index contributed by atoms with van der Waals surface area (Å²) in [4.78, 5) is 90.4. The van der Waals surface area contributed by atoms with Gasteiger partial charge in [0.1, 0.15) is 42.7 Å². The van der Waals surface area contributed by atoms with Crippen molar-refractivity contribution in [2.24, 2.45) is 23.7 Å². The minimum Gasteiger partial charge on any atom is -0.463 e. The van der Waals surface area contributed by atoms with Crippen molar-refractivity contribution < 1.29 is 85.7 Å². The van der Waals surface area contributed by atoms with Crippen LogP contribution < -0.4 is 14.8 Å². The van der Waals surface area contributed by atoms with Crippen molar-refractivity contribution in [1.29, 1.82) is 0 Å². The van der Waals surface area contributed by atoms with Crippen LogP contribution in [-0.2, 0) is 72.2 Å². The third-order valence-corrected chi connectivity index (χ3v) is 14.2. The van der Waals surface area contributed by atoms with E-state index in [0.717, 1.165) is 0 Å². The molecule has 22 heteroatoms. The molecule has 1 amide bonds. The zero-order valence-electron chi connectivity index (χ0n) is 41.6. The highest BCUT2D eigenvalue weighted by molar-refractivity contribution is 6.32. The number of benzene rings is 2. The van der Waals surface area contributed by atoms with Crippen LogP contribution in [0.3, 0.4) is 0 Å². The van der Waals surface area contributed by atoms with Gasteiger partial charge in [-0.05, 0) is 50.7 Å². The molecule has 392 valence electrons. The summed E-state index contributed by atoms with van der Waals surface area (Å²) in [7, 11) is 3.76. The molecular formula is C50H60Cl2N2O18. The van der Waals surface area contributed by atoms with Crippen molar-refractivity contribution in [2.45, 2.75) is 122 Å². The van der Waals surface area contributed by atoms with Gasteiger partial charge in [0.05, 0.1) is 34.1 Å². The van der Waals surface area contributed by atoms with Crippen molar-refractivity contribution in [3.63, 3.8) is 0 Å². The highest BCUT2D eigenvalue weighted by atomic mass is 35.5. The van der Waals surface area contributed by atoms with Gasteiger partial charge >= 0.3 is 35.8 Å². The molecule has 4 heterocycles. The van der Waals surface area contributed by atoms with Gasteiger partial charge in [-0.1, -0.05) is 38.4 Å². The van der Waals surface area contributed by atoms with E-state index in [4.69, 9.17) is 75.3 Å². The normalized spacial score (nSPS) is 31.3. The number of alkyl halides is 1. The minimum absolute atomic E-state index is 0.0231. The Bertz CT molecular complexity index is 2480. The molecule has 14 unspecified atom stereocenters. The summed E-state index contributed by atoms with van der Waals surface area (Å²) in [6.07, 6.45) is -6.83. The summed E-state index contributed by atoms with van der Waals surface area (Å²) in [6.45, 7) is 12.0. The topological polar surface area (TPSA) is 236 Å². The Hall–Kier alpha value is -5.51. The molecule has 4 aliphatic heterocycles. The van der Waals surface area contributed by atoms with Crippen LogP contribution in [0.1, 0.15) is 93.7 Å². The number of hydrogen-bond donors (Lipinski definition) is 1. The molecule has 0 saturated carbocycles. The van der Waals surface area contributed by atoms with Crippen LogP contribution in [0.5, 0.6) is 11.5 Å². The fourth-order valence-electron chi connectivity index (χ4n) is 9.77. The molecule has 7 rings (SSSR count). The molecule has 1 N–H and O–H groups in total. The van der Waals surface area contributed by atoms with E-state index in [9.17, 15) is 33.6 Å². The first-order valence-electron chi connectivity index (χ1n) is 23.6. The van der Waals surface area contributed by atoms with Crippen LogP contribution >= 0.6 is 23.2 Å². The lowest BCUT2D eigenvalue weighted by Crippen LogP contribution is -2.59. The molecule has 20 nitrogen and oxygen atoms in total. The van der Waals surface area contributed by atoms with E-state index in [1.54, 1.807) is 31.2 Å². The first-order chi connectivity index (χ1) is 34.0. The average Bonchev–Trinajstić information content (AvgIpc) is 3.59. The van der Waals surface area contributed by atoms with Crippen LogP contribution in [0.15, 0.2) is 42.2 Å². The molecule has 2 aromatic carbocycles. The summed E-state index contributed by atoms with van der Waals surface area (Å²) in [5.41, 5.74) is -0.609. The van der Waals surface area contributed by atoms with Gasteiger partial charge in [0, 0.05) is 82.3 Å². The van der Waals surface area contributed by atoms with Gasteiger partial charge in [-0.3, -0.25) is 28.8 Å². The number of rotatable bonds is 15. The Balaban J connectivity index is 1.30. The maximum Gasteiger partial charge on any atom is 0.339 e. The molecule has 1 aliphatic carbocycles. The zero-order chi connectivity index (χ0) is 52.5. The largest absolute Gasteiger partial charge is 0.463 e. The monoisotopic (exact) mass is 1050 g/mol. The van der Waals surface area contributed by atoms with Crippen molar-refractivity contribution in [3.05, 3.63) is 69.4 Å². The fraction of sp³-hybridized carbons (Fsp3) is 0.580. The van der Waals surface area contributed by atoms with Crippen molar-refractivity contribution in [1.82, 2.24) is 10.2 Å². The highest BCUT2D eigenvalue weighted by Gasteiger charge is 2.61. The smallest absolute Gasteiger partial charge is 0.339 e. The predicted molar refractivity (Wildman–Crippen MR) is 252 cm³/mol. The first-order valence-corrected chi connectivity index (χ1v) is 24.4. The van der Waals surface area contributed by atoms with Crippen LogP contribution in [0.4, 0.5) is 0 Å². The van der Waals surface area contributed by atoms with Crippen molar-refractivity contribution in [2.75, 3.05) is 40.4 Å². The summed E-state index contributed by atoms with van der Waals surface area (Å²) in [5.74, 6) is -6.07. The maximum atomic E-state index is 14.3. The van der Waals surface area contributed by atoms with E-state index in [-0.39, 0.29) is 64.9 Å². The van der Waals surface area contributed by atoms with Gasteiger partial charge in [0.15, 0.2) is 24.1 Å². The number of fused-ring (bicyclic) bond motifs is 6. The summed E-state index contributed by atoms with van der Waals surface area (Å²) in [6, 6.07) is 7.75. The molecule has 0 aromatic heterocycles. The first kappa shape index (κ1) is 54.3. The lowest BCUT2D eigenvalue weighted by Gasteiger charge is -2.48. The Kier molecular flexibility index (Phi) is 16.8. The van der Waals surface area contributed by atoms with Gasteiger partial charge in [-0.25, -0.2) is 4.79 Å². The number of hydrogen-bond acceptors (Lipinski definition) is 19. The molecule has 2 aromatic rings. The van der Waals surface area contributed by atoms with Crippen LogP contribution in [0.25, 0.3) is 0 Å². The molecule has 1 spiro atoms. The summed E-state index contributed by atoms with van der Waals surface area (Å²) in [5, 5.41) is 2.02. The average molecular weight is 1050 g/mol. The second-order valence-electron chi connectivity index (χ2n) is 18.9. The molecular weight excluding hydrogens is 987 g/mol. The molecule has 2 fully saturated rings. The number of amides is 1. The van der Waals surface area contributed by atoms with E-state index in [1.807, 2.05) is 32.8 Å². The molecule has 2 saturated heterocycles.